The number of hydrogen-bond donors (Lipinski definition) is 1. The summed E-state index contributed by atoms with van der Waals surface area (Å²) in [5, 5.41) is 4.85. The van der Waals surface area contributed by atoms with Crippen LogP contribution in [-0.2, 0) is 4.74 Å². The van der Waals surface area contributed by atoms with E-state index in [2.05, 4.69) is 10.3 Å². The maximum atomic E-state index is 12.7. The van der Waals surface area contributed by atoms with Crippen molar-refractivity contribution in [3.63, 3.8) is 0 Å². The van der Waals surface area contributed by atoms with Crippen molar-refractivity contribution in [1.82, 2.24) is 10.3 Å². The normalized spacial score (nSPS) is 22.2. The molecule has 4 rings (SSSR count). The Bertz CT molecular complexity index is 736. The molecular weight excluding hydrogens is 344 g/mol. The first-order chi connectivity index (χ1) is 12.3. The number of aromatic nitrogens is 1. The highest BCUT2D eigenvalue weighted by atomic mass is 32.1. The zero-order valence-corrected chi connectivity index (χ0v) is 14.3. The molecule has 7 nitrogen and oxygen atoms in total. The average Bonchev–Trinajstić information content (AvgIpc) is 3.08. The van der Waals surface area contributed by atoms with Crippen LogP contribution in [0.3, 0.4) is 0 Å². The lowest BCUT2D eigenvalue weighted by Gasteiger charge is -2.32. The molecule has 1 N–H and O–H groups in total. The topological polar surface area (TPSA) is 78.9 Å². The van der Waals surface area contributed by atoms with Gasteiger partial charge < -0.3 is 24.3 Å². The number of fused-ring (bicyclic) bond motifs is 1. The van der Waals surface area contributed by atoms with Gasteiger partial charge in [-0.25, -0.2) is 4.98 Å². The van der Waals surface area contributed by atoms with Gasteiger partial charge in [-0.15, -0.1) is 11.3 Å². The fourth-order valence-corrected chi connectivity index (χ4v) is 3.65. The number of rotatable bonds is 4. The predicted octanol–water partition coefficient (Wildman–Crippen LogP) is 1.88. The van der Waals surface area contributed by atoms with Gasteiger partial charge in [-0.1, -0.05) is 6.07 Å². The van der Waals surface area contributed by atoms with Crippen molar-refractivity contribution < 1.29 is 23.7 Å². The smallest absolute Gasteiger partial charge is 0.265 e. The molecule has 0 aliphatic carbocycles. The van der Waals surface area contributed by atoms with Gasteiger partial charge in [-0.05, 0) is 12.5 Å². The molecule has 0 bridgehead atoms. The quantitative estimate of drug-likeness (QED) is 0.895. The Morgan fingerprint density at radius 1 is 1.28 bits per heavy atom. The highest BCUT2D eigenvalue weighted by Gasteiger charge is 2.32. The monoisotopic (exact) mass is 362 g/mol. The Balaban J connectivity index is 1.46. The number of carbonyl (C=O) groups excluding carboxylic acids is 1. The molecule has 0 spiro atoms. The molecule has 0 unspecified atom stereocenters. The van der Waals surface area contributed by atoms with Crippen LogP contribution in [0.15, 0.2) is 29.8 Å². The van der Waals surface area contributed by atoms with Gasteiger partial charge in [0.1, 0.15) is 24.2 Å². The first kappa shape index (κ1) is 16.2. The third-order valence-corrected chi connectivity index (χ3v) is 4.98. The molecule has 1 amide bonds. The molecule has 2 aromatic rings. The van der Waals surface area contributed by atoms with Crippen LogP contribution in [-0.4, -0.2) is 49.5 Å². The van der Waals surface area contributed by atoms with Gasteiger partial charge in [0.2, 0.25) is 5.88 Å². The predicted molar refractivity (Wildman–Crippen MR) is 90.7 cm³/mol. The summed E-state index contributed by atoms with van der Waals surface area (Å²) in [6, 6.07) is 5.31. The largest absolute Gasteiger partial charge is 0.485 e. The van der Waals surface area contributed by atoms with Gasteiger partial charge in [0, 0.05) is 24.3 Å². The molecule has 8 heteroatoms. The summed E-state index contributed by atoms with van der Waals surface area (Å²) in [4.78, 5) is 17.4. The summed E-state index contributed by atoms with van der Waals surface area (Å²) in [5.74, 6) is 1.50. The van der Waals surface area contributed by atoms with Crippen molar-refractivity contribution in [3.8, 4) is 17.4 Å². The summed E-state index contributed by atoms with van der Waals surface area (Å²) in [5.41, 5.74) is 0. The average molecular weight is 362 g/mol. The van der Waals surface area contributed by atoms with Gasteiger partial charge in [-0.2, -0.15) is 0 Å². The molecule has 2 atom stereocenters. The third kappa shape index (κ3) is 3.54. The molecule has 1 fully saturated rings. The molecular formula is C17H18N2O5S. The minimum atomic E-state index is -0.291. The van der Waals surface area contributed by atoms with Crippen LogP contribution < -0.4 is 19.5 Å². The number of nitrogens with one attached hydrogen (secondary N) is 1. The number of pyridine rings is 1. The van der Waals surface area contributed by atoms with E-state index in [1.807, 2.05) is 12.1 Å². The lowest BCUT2D eigenvalue weighted by Crippen LogP contribution is -2.51. The maximum Gasteiger partial charge on any atom is 0.265 e. The SMILES string of the molecule is O=C(N[C@@H]1CCOC[C@H]1Oc1ccccn1)c1scc2c1OCCO2. The first-order valence-electron chi connectivity index (χ1n) is 8.14. The highest BCUT2D eigenvalue weighted by molar-refractivity contribution is 7.12. The summed E-state index contributed by atoms with van der Waals surface area (Å²) in [6.45, 7) is 1.94. The third-order valence-electron chi connectivity index (χ3n) is 4.04. The number of ether oxygens (including phenoxy) is 4. The summed E-state index contributed by atoms with van der Waals surface area (Å²) < 4.78 is 22.5. The lowest BCUT2D eigenvalue weighted by atomic mass is 10.1. The van der Waals surface area contributed by atoms with Crippen molar-refractivity contribution in [2.24, 2.45) is 0 Å². The van der Waals surface area contributed by atoms with Gasteiger partial charge in [0.25, 0.3) is 5.91 Å². The fourth-order valence-electron chi connectivity index (χ4n) is 2.82. The molecule has 0 aromatic carbocycles. The van der Waals surface area contributed by atoms with E-state index in [1.165, 1.54) is 11.3 Å². The van der Waals surface area contributed by atoms with Crippen molar-refractivity contribution in [2.75, 3.05) is 26.4 Å². The fraction of sp³-hybridized carbons (Fsp3) is 0.412. The van der Waals surface area contributed by atoms with E-state index in [-0.39, 0.29) is 18.1 Å². The van der Waals surface area contributed by atoms with E-state index in [0.29, 0.717) is 55.1 Å². The minimum Gasteiger partial charge on any atom is -0.485 e. The van der Waals surface area contributed by atoms with Gasteiger partial charge in [0.05, 0.1) is 12.6 Å². The molecule has 25 heavy (non-hydrogen) atoms. The summed E-state index contributed by atoms with van der Waals surface area (Å²) in [7, 11) is 0. The van der Waals surface area contributed by atoms with E-state index in [4.69, 9.17) is 18.9 Å². The second kappa shape index (κ2) is 7.28. The van der Waals surface area contributed by atoms with Crippen molar-refractivity contribution in [1.29, 1.82) is 0 Å². The summed E-state index contributed by atoms with van der Waals surface area (Å²) >= 11 is 1.32. The number of thiophene rings is 1. The molecule has 2 aliphatic rings. The Morgan fingerprint density at radius 3 is 3.08 bits per heavy atom. The Labute approximate surface area is 148 Å². The van der Waals surface area contributed by atoms with Crippen molar-refractivity contribution in [3.05, 3.63) is 34.7 Å². The second-order valence-corrected chi connectivity index (χ2v) is 6.60. The van der Waals surface area contributed by atoms with Crippen LogP contribution >= 0.6 is 11.3 Å². The zero-order valence-electron chi connectivity index (χ0n) is 13.5. The highest BCUT2D eigenvalue weighted by Crippen LogP contribution is 2.39. The lowest BCUT2D eigenvalue weighted by molar-refractivity contribution is -0.0152. The Morgan fingerprint density at radius 2 is 2.20 bits per heavy atom. The van der Waals surface area contributed by atoms with E-state index in [1.54, 1.807) is 17.6 Å². The van der Waals surface area contributed by atoms with Crippen LogP contribution in [0.4, 0.5) is 0 Å². The van der Waals surface area contributed by atoms with E-state index in [9.17, 15) is 4.79 Å². The molecule has 1 saturated heterocycles. The molecule has 0 saturated carbocycles. The van der Waals surface area contributed by atoms with Crippen molar-refractivity contribution >= 4 is 17.2 Å². The number of amides is 1. The van der Waals surface area contributed by atoms with Gasteiger partial charge in [-0.3, -0.25) is 4.79 Å². The number of carbonyl (C=O) groups is 1. The van der Waals surface area contributed by atoms with Crippen LogP contribution in [0, 0.1) is 0 Å². The number of nitrogens with zero attached hydrogens (tertiary/aromatic N) is 1. The van der Waals surface area contributed by atoms with Crippen LogP contribution in [0.5, 0.6) is 17.4 Å². The van der Waals surface area contributed by atoms with E-state index >= 15 is 0 Å². The maximum absolute atomic E-state index is 12.7. The van der Waals surface area contributed by atoms with Crippen molar-refractivity contribution in [2.45, 2.75) is 18.6 Å². The molecule has 132 valence electrons. The number of hydrogen-bond acceptors (Lipinski definition) is 7. The molecule has 2 aromatic heterocycles. The molecule has 0 radical (unpaired) electrons. The van der Waals surface area contributed by atoms with Gasteiger partial charge >= 0.3 is 0 Å². The molecule has 4 heterocycles. The molecule has 2 aliphatic heterocycles. The standard InChI is InChI=1S/C17H18N2O5S/c20-17(16-15-13(10-25-16)22-7-8-23-15)19-11-4-6-21-9-12(11)24-14-3-1-2-5-18-14/h1-3,5,10-12H,4,6-9H2,(H,19,20)/t11-,12-/m1/s1. The summed E-state index contributed by atoms with van der Waals surface area (Å²) in [6.07, 6.45) is 2.05. The van der Waals surface area contributed by atoms with Crippen LogP contribution in [0.25, 0.3) is 0 Å². The van der Waals surface area contributed by atoms with Crippen LogP contribution in [0.2, 0.25) is 0 Å². The van der Waals surface area contributed by atoms with E-state index < -0.39 is 0 Å². The van der Waals surface area contributed by atoms with E-state index in [0.717, 1.165) is 0 Å². The second-order valence-electron chi connectivity index (χ2n) is 5.72. The van der Waals surface area contributed by atoms with Crippen LogP contribution in [0.1, 0.15) is 16.1 Å². The van der Waals surface area contributed by atoms with Gasteiger partial charge in [0.15, 0.2) is 11.5 Å². The minimum absolute atomic E-state index is 0.162. The first-order valence-corrected chi connectivity index (χ1v) is 9.02. The Hall–Kier alpha value is -2.32. The zero-order chi connectivity index (χ0) is 17.1. The Kier molecular flexibility index (Phi) is 4.71.